The number of hydrogen-bond donors (Lipinski definition) is 12. The first kappa shape index (κ1) is 57.8. The Labute approximate surface area is 385 Å². The molecular formula is C46H85NO18. The van der Waals surface area contributed by atoms with Gasteiger partial charge in [0, 0.05) is 6.42 Å². The van der Waals surface area contributed by atoms with E-state index in [-0.39, 0.29) is 18.9 Å². The zero-order valence-corrected chi connectivity index (χ0v) is 38.7. The van der Waals surface area contributed by atoms with Gasteiger partial charge in [-0.15, -0.1) is 0 Å². The molecule has 17 unspecified atom stereocenters. The summed E-state index contributed by atoms with van der Waals surface area (Å²) in [6.07, 6.45) is -1.79. The summed E-state index contributed by atoms with van der Waals surface area (Å²) >= 11 is 0. The minimum Gasteiger partial charge on any atom is -0.394 e. The highest BCUT2D eigenvalue weighted by Crippen LogP contribution is 2.33. The standard InChI is InChI=1S/C46H85NO18/c1-3-5-7-9-10-11-12-13-14-15-16-17-18-20-22-24-34(52)47-29(30(51)23-21-19-8-6-4-2)28-60-44-40(58)37(55)42(32(26-49)62-44)65-46-41(59)38(56)43(33(27-50)63-46)64-45-39(57)36(54)35(53)31(25-48)61-45/h13-14,29-33,35-46,48-51,53-59H,3-12,15-28H2,1-2H3,(H,47,52)/b14-13-. The maximum atomic E-state index is 13.1. The number of allylic oxidation sites excluding steroid dienone is 2. The molecule has 65 heavy (non-hydrogen) atoms. The molecule has 17 atom stereocenters. The minimum atomic E-state index is -1.97. The molecular weight excluding hydrogens is 854 g/mol. The normalized spacial score (nSPS) is 34.2. The van der Waals surface area contributed by atoms with Crippen molar-refractivity contribution >= 4 is 5.91 Å². The van der Waals surface area contributed by atoms with Crippen molar-refractivity contribution in [3.05, 3.63) is 12.2 Å². The van der Waals surface area contributed by atoms with Crippen LogP contribution in [0.1, 0.15) is 142 Å². The van der Waals surface area contributed by atoms with E-state index in [9.17, 15) is 61.0 Å². The summed E-state index contributed by atoms with van der Waals surface area (Å²) in [4.78, 5) is 13.1. The minimum absolute atomic E-state index is 0.256. The molecule has 3 aliphatic heterocycles. The van der Waals surface area contributed by atoms with Crippen molar-refractivity contribution in [2.75, 3.05) is 26.4 Å². The topological polar surface area (TPSA) is 307 Å². The molecule has 0 aromatic carbocycles. The second kappa shape index (κ2) is 32.4. The van der Waals surface area contributed by atoms with Gasteiger partial charge in [0.05, 0.1) is 38.6 Å². The molecule has 3 aliphatic rings. The van der Waals surface area contributed by atoms with Crippen LogP contribution in [-0.4, -0.2) is 193 Å². The highest BCUT2D eigenvalue weighted by Gasteiger charge is 2.53. The predicted octanol–water partition coefficient (Wildman–Crippen LogP) is 0.695. The van der Waals surface area contributed by atoms with Crippen LogP contribution < -0.4 is 5.32 Å². The molecule has 0 bridgehead atoms. The number of rotatable bonds is 33. The van der Waals surface area contributed by atoms with E-state index in [1.54, 1.807) is 0 Å². The Balaban J connectivity index is 1.52. The first-order chi connectivity index (χ1) is 31.3. The highest BCUT2D eigenvalue weighted by molar-refractivity contribution is 5.76. The molecule has 19 nitrogen and oxygen atoms in total. The van der Waals surface area contributed by atoms with Crippen LogP contribution in [0.15, 0.2) is 12.2 Å². The predicted molar refractivity (Wildman–Crippen MR) is 236 cm³/mol. The summed E-state index contributed by atoms with van der Waals surface area (Å²) in [7, 11) is 0. The van der Waals surface area contributed by atoms with Gasteiger partial charge >= 0.3 is 0 Å². The van der Waals surface area contributed by atoms with Crippen LogP contribution in [0.5, 0.6) is 0 Å². The van der Waals surface area contributed by atoms with Gasteiger partial charge in [0.15, 0.2) is 18.9 Å². The fourth-order valence-corrected chi connectivity index (χ4v) is 8.42. The Kier molecular flexibility index (Phi) is 28.8. The molecule has 0 aliphatic carbocycles. The summed E-state index contributed by atoms with van der Waals surface area (Å²) in [6, 6.07) is -0.882. The zero-order chi connectivity index (χ0) is 47.7. The molecule has 0 radical (unpaired) electrons. The summed E-state index contributed by atoms with van der Waals surface area (Å²) in [5, 5.41) is 119. The van der Waals surface area contributed by atoms with Crippen LogP contribution in [0.2, 0.25) is 0 Å². The molecule has 0 aromatic heterocycles. The van der Waals surface area contributed by atoms with Crippen LogP contribution in [0.25, 0.3) is 0 Å². The third-order valence-corrected chi connectivity index (χ3v) is 12.6. The lowest BCUT2D eigenvalue weighted by atomic mass is 9.96. The Morgan fingerprint density at radius 1 is 0.538 bits per heavy atom. The molecule has 0 spiro atoms. The summed E-state index contributed by atoms with van der Waals surface area (Å²) < 4.78 is 34.0. The van der Waals surface area contributed by atoms with Crippen molar-refractivity contribution in [3.8, 4) is 0 Å². The summed E-state index contributed by atoms with van der Waals surface area (Å²) in [5.41, 5.74) is 0. The van der Waals surface area contributed by atoms with E-state index < -0.39 is 124 Å². The van der Waals surface area contributed by atoms with Crippen LogP contribution in [-0.2, 0) is 33.2 Å². The molecule has 3 fully saturated rings. The molecule has 3 saturated heterocycles. The zero-order valence-electron chi connectivity index (χ0n) is 38.7. The third-order valence-electron chi connectivity index (χ3n) is 12.6. The number of hydrogen-bond acceptors (Lipinski definition) is 18. The lowest BCUT2D eigenvalue weighted by molar-refractivity contribution is -0.379. The van der Waals surface area contributed by atoms with Gasteiger partial charge in [0.1, 0.15) is 73.2 Å². The van der Waals surface area contributed by atoms with E-state index in [0.29, 0.717) is 12.8 Å². The van der Waals surface area contributed by atoms with E-state index in [1.807, 2.05) is 0 Å². The van der Waals surface area contributed by atoms with Crippen LogP contribution in [0, 0.1) is 0 Å². The molecule has 3 heterocycles. The number of carbonyl (C=O) groups excluding carboxylic acids is 1. The molecule has 19 heteroatoms. The van der Waals surface area contributed by atoms with Gasteiger partial charge in [-0.25, -0.2) is 0 Å². The van der Waals surface area contributed by atoms with Crippen molar-refractivity contribution < 1.29 is 89.4 Å². The maximum absolute atomic E-state index is 13.1. The Bertz CT molecular complexity index is 1260. The highest BCUT2D eigenvalue weighted by atomic mass is 16.8. The smallest absolute Gasteiger partial charge is 0.220 e. The number of nitrogens with one attached hydrogen (secondary N) is 1. The monoisotopic (exact) mass is 940 g/mol. The van der Waals surface area contributed by atoms with Crippen molar-refractivity contribution in [2.24, 2.45) is 0 Å². The number of aliphatic hydroxyl groups excluding tert-OH is 11. The van der Waals surface area contributed by atoms with Gasteiger partial charge in [-0.2, -0.15) is 0 Å². The maximum Gasteiger partial charge on any atom is 0.220 e. The average molecular weight is 940 g/mol. The van der Waals surface area contributed by atoms with Crippen molar-refractivity contribution in [1.82, 2.24) is 5.32 Å². The van der Waals surface area contributed by atoms with Gasteiger partial charge < -0.3 is 89.9 Å². The van der Waals surface area contributed by atoms with Crippen molar-refractivity contribution in [1.29, 1.82) is 0 Å². The van der Waals surface area contributed by atoms with Gasteiger partial charge in [0.2, 0.25) is 5.91 Å². The summed E-state index contributed by atoms with van der Waals surface area (Å²) in [6.45, 7) is 1.63. The van der Waals surface area contributed by atoms with Crippen molar-refractivity contribution in [2.45, 2.75) is 247 Å². The van der Waals surface area contributed by atoms with Gasteiger partial charge in [-0.05, 0) is 38.5 Å². The fraction of sp³-hybridized carbons (Fsp3) is 0.935. The van der Waals surface area contributed by atoms with Gasteiger partial charge in [0.25, 0.3) is 0 Å². The third kappa shape index (κ3) is 19.1. The summed E-state index contributed by atoms with van der Waals surface area (Å²) in [5.74, 6) is -0.261. The Morgan fingerprint density at radius 2 is 0.969 bits per heavy atom. The second-order valence-electron chi connectivity index (χ2n) is 17.9. The quantitative estimate of drug-likeness (QED) is 0.0318. The lowest BCUT2D eigenvalue weighted by Gasteiger charge is -2.48. The van der Waals surface area contributed by atoms with E-state index in [0.717, 1.165) is 70.6 Å². The van der Waals surface area contributed by atoms with E-state index in [1.165, 1.54) is 38.5 Å². The first-order valence-corrected chi connectivity index (χ1v) is 24.4. The van der Waals surface area contributed by atoms with E-state index in [4.69, 9.17) is 28.4 Å². The molecule has 12 N–H and O–H groups in total. The number of amides is 1. The van der Waals surface area contributed by atoms with E-state index in [2.05, 4.69) is 31.3 Å². The largest absolute Gasteiger partial charge is 0.394 e. The van der Waals surface area contributed by atoms with E-state index >= 15 is 0 Å². The number of aliphatic hydroxyl groups is 11. The Hall–Kier alpha value is -1.47. The second-order valence-corrected chi connectivity index (χ2v) is 17.9. The lowest BCUT2D eigenvalue weighted by Crippen LogP contribution is -2.66. The molecule has 382 valence electrons. The molecule has 0 aromatic rings. The molecule has 1 amide bonds. The SMILES string of the molecule is CCCCCCCC/C=C\CCCCCCCC(=O)NC(COC1OC(CO)C(OC2OC(CO)C(OC3OC(CO)C(O)C(O)C3O)C(O)C2O)C(O)C1O)C(O)CCCCCCC. The number of carbonyl (C=O) groups is 1. The van der Waals surface area contributed by atoms with Crippen LogP contribution in [0.3, 0.4) is 0 Å². The fourth-order valence-electron chi connectivity index (χ4n) is 8.42. The van der Waals surface area contributed by atoms with Gasteiger partial charge in [-0.1, -0.05) is 109 Å². The average Bonchev–Trinajstić information content (AvgIpc) is 3.30. The Morgan fingerprint density at radius 3 is 1.49 bits per heavy atom. The number of unbranched alkanes of at least 4 members (excludes halogenated alkanes) is 15. The molecule has 0 saturated carbocycles. The first-order valence-electron chi connectivity index (χ1n) is 24.4. The van der Waals surface area contributed by atoms with Crippen LogP contribution >= 0.6 is 0 Å². The van der Waals surface area contributed by atoms with Gasteiger partial charge in [-0.3, -0.25) is 4.79 Å². The number of ether oxygens (including phenoxy) is 6. The van der Waals surface area contributed by atoms with Crippen molar-refractivity contribution in [3.63, 3.8) is 0 Å². The van der Waals surface area contributed by atoms with Crippen LogP contribution in [0.4, 0.5) is 0 Å². The molecule has 3 rings (SSSR count).